The Hall–Kier alpha value is -0.980. The third kappa shape index (κ3) is 1.54. The van der Waals surface area contributed by atoms with Crippen molar-refractivity contribution >= 4 is 37.7 Å². The largest absolute Gasteiger partial charge is 0.353 e. The van der Waals surface area contributed by atoms with Crippen molar-refractivity contribution in [1.82, 2.24) is 0 Å². The monoisotopic (exact) mass is 231 g/mol. The third-order valence-electron chi connectivity index (χ3n) is 2.43. The Morgan fingerprint density at radius 1 is 0.933 bits per heavy atom. The van der Waals surface area contributed by atoms with Crippen molar-refractivity contribution in [2.24, 2.45) is 0 Å². The fraction of sp³-hybridized carbons (Fsp3) is 0. The average molecular weight is 231 g/mol. The van der Waals surface area contributed by atoms with Gasteiger partial charge < -0.3 is 5.32 Å². The maximum absolute atomic E-state index is 3.47. The lowest BCUT2D eigenvalue weighted by Gasteiger charge is -2.21. The van der Waals surface area contributed by atoms with E-state index in [2.05, 4.69) is 57.0 Å². The maximum Gasteiger partial charge on any atom is 0.0599 e. The molecule has 0 aliphatic carbocycles. The van der Waals surface area contributed by atoms with Gasteiger partial charge in [-0.1, -0.05) is 36.0 Å². The summed E-state index contributed by atoms with van der Waals surface area (Å²) in [6, 6.07) is 14.7. The fourth-order valence-electron chi connectivity index (χ4n) is 1.68. The van der Waals surface area contributed by atoms with Gasteiger partial charge in [0.05, 0.1) is 11.4 Å². The zero-order valence-electron chi connectivity index (χ0n) is 8.03. The molecule has 0 fully saturated rings. The van der Waals surface area contributed by atoms with E-state index in [0.717, 1.165) is 0 Å². The minimum absolute atomic E-state index is 1.20. The summed E-state index contributed by atoms with van der Waals surface area (Å²) in [5, 5.41) is 4.68. The minimum Gasteiger partial charge on any atom is -0.353 e. The summed E-state index contributed by atoms with van der Waals surface area (Å²) in [7, 11) is 2.77. The lowest BCUT2D eigenvalue weighted by molar-refractivity contribution is 1.33. The van der Waals surface area contributed by atoms with Gasteiger partial charge in [0.15, 0.2) is 0 Å². The Balaban J connectivity index is 2.15. The van der Waals surface area contributed by atoms with Gasteiger partial charge in [-0.05, 0) is 23.5 Å². The third-order valence-corrected chi connectivity index (χ3v) is 4.04. The molecule has 2 aromatic rings. The summed E-state index contributed by atoms with van der Waals surface area (Å²) in [6.07, 6.45) is 0. The van der Waals surface area contributed by atoms with Crippen LogP contribution in [0.15, 0.2) is 52.3 Å². The summed E-state index contributed by atoms with van der Waals surface area (Å²) in [6.45, 7) is 0. The molecular weight excluding hydrogens is 221 g/mol. The molecule has 0 spiro atoms. The summed E-state index contributed by atoms with van der Waals surface area (Å²) >= 11 is 1.82. The number of nitrogens with one attached hydrogen (secondary N) is 1. The molecule has 1 aliphatic rings. The molecule has 1 nitrogen and oxygen atoms in total. The Labute approximate surface area is 95.5 Å². The van der Waals surface area contributed by atoms with Crippen LogP contribution in [-0.2, 0) is 0 Å². The minimum atomic E-state index is 1.20. The van der Waals surface area contributed by atoms with Crippen LogP contribution in [0.5, 0.6) is 0 Å². The lowest BCUT2D eigenvalue weighted by atomic mass is 10.2. The quantitative estimate of drug-likeness (QED) is 0.595. The first kappa shape index (κ1) is 9.26. The molecule has 0 saturated carbocycles. The number of anilines is 2. The molecule has 1 atom stereocenters. The summed E-state index contributed by atoms with van der Waals surface area (Å²) < 4.78 is 0. The normalized spacial score (nSPS) is 12.6. The number of rotatable bonds is 0. The molecule has 1 unspecified atom stereocenters. The van der Waals surface area contributed by atoms with E-state index >= 15 is 0 Å². The molecule has 0 aromatic heterocycles. The highest BCUT2D eigenvalue weighted by Gasteiger charge is 2.15. The van der Waals surface area contributed by atoms with Crippen molar-refractivity contribution in [3.8, 4) is 0 Å². The van der Waals surface area contributed by atoms with Gasteiger partial charge in [-0.2, -0.15) is 0 Å². The van der Waals surface area contributed by atoms with Crippen LogP contribution in [-0.4, -0.2) is 0 Å². The van der Waals surface area contributed by atoms with Gasteiger partial charge in [0, 0.05) is 9.79 Å². The van der Waals surface area contributed by atoms with Crippen LogP contribution in [0.4, 0.5) is 11.4 Å². The van der Waals surface area contributed by atoms with Crippen LogP contribution in [0.1, 0.15) is 0 Å². The second-order valence-electron chi connectivity index (χ2n) is 3.44. The molecule has 0 saturated heterocycles. The van der Waals surface area contributed by atoms with E-state index in [1.165, 1.54) is 26.5 Å². The summed E-state index contributed by atoms with van der Waals surface area (Å²) in [4.78, 5) is 2.59. The first-order valence-corrected chi connectivity index (χ1v) is 6.16. The molecule has 3 heteroatoms. The van der Waals surface area contributed by atoms with E-state index in [0.29, 0.717) is 0 Å². The van der Waals surface area contributed by atoms with Crippen molar-refractivity contribution in [2.75, 3.05) is 5.32 Å². The van der Waals surface area contributed by atoms with Gasteiger partial charge in [-0.15, -0.1) is 9.24 Å². The first-order valence-electron chi connectivity index (χ1n) is 4.77. The van der Waals surface area contributed by atoms with E-state index in [-0.39, 0.29) is 0 Å². The first-order chi connectivity index (χ1) is 7.34. The number of fused-ring (bicyclic) bond motifs is 2. The van der Waals surface area contributed by atoms with E-state index in [1.807, 2.05) is 11.8 Å². The highest BCUT2D eigenvalue weighted by molar-refractivity contribution is 7.99. The van der Waals surface area contributed by atoms with Gasteiger partial charge in [-0.25, -0.2) is 0 Å². The zero-order chi connectivity index (χ0) is 10.3. The van der Waals surface area contributed by atoms with Crippen LogP contribution in [0.25, 0.3) is 0 Å². The van der Waals surface area contributed by atoms with Crippen molar-refractivity contribution in [1.29, 1.82) is 0 Å². The Morgan fingerprint density at radius 3 is 2.67 bits per heavy atom. The van der Waals surface area contributed by atoms with Crippen molar-refractivity contribution < 1.29 is 0 Å². The smallest absolute Gasteiger partial charge is 0.0599 e. The predicted octanol–water partition coefficient (Wildman–Crippen LogP) is 3.40. The Morgan fingerprint density at radius 2 is 1.73 bits per heavy atom. The molecule has 0 radical (unpaired) electrons. The molecule has 1 aliphatic heterocycles. The zero-order valence-corrected chi connectivity index (χ0v) is 10.00. The lowest BCUT2D eigenvalue weighted by Crippen LogP contribution is -2.07. The van der Waals surface area contributed by atoms with Crippen LogP contribution in [0.2, 0.25) is 0 Å². The highest BCUT2D eigenvalue weighted by Crippen LogP contribution is 2.43. The molecule has 1 N–H and O–H groups in total. The molecule has 3 rings (SSSR count). The Bertz CT molecular complexity index is 525. The van der Waals surface area contributed by atoms with Gasteiger partial charge in [0.25, 0.3) is 0 Å². The van der Waals surface area contributed by atoms with Crippen molar-refractivity contribution in [2.45, 2.75) is 9.79 Å². The predicted molar refractivity (Wildman–Crippen MR) is 69.6 cm³/mol. The molecule has 0 bridgehead atoms. The second kappa shape index (κ2) is 3.55. The molecular formula is C12H10NPS. The van der Waals surface area contributed by atoms with Crippen LogP contribution < -0.4 is 10.6 Å². The van der Waals surface area contributed by atoms with Crippen LogP contribution >= 0.6 is 21.0 Å². The highest BCUT2D eigenvalue weighted by atomic mass is 32.2. The van der Waals surface area contributed by atoms with E-state index in [9.17, 15) is 0 Å². The number of hydrogen-bond donors (Lipinski definition) is 1. The van der Waals surface area contributed by atoms with E-state index in [4.69, 9.17) is 0 Å². The molecule has 2 aromatic carbocycles. The van der Waals surface area contributed by atoms with Crippen molar-refractivity contribution in [3.63, 3.8) is 0 Å². The molecule has 15 heavy (non-hydrogen) atoms. The van der Waals surface area contributed by atoms with E-state index in [1.54, 1.807) is 0 Å². The maximum atomic E-state index is 3.47. The number of benzene rings is 2. The summed E-state index contributed by atoms with van der Waals surface area (Å²) in [5.41, 5.74) is 2.41. The molecule has 1 heterocycles. The van der Waals surface area contributed by atoms with Gasteiger partial charge in [0.1, 0.15) is 0 Å². The molecule has 74 valence electrons. The van der Waals surface area contributed by atoms with Gasteiger partial charge in [0.2, 0.25) is 0 Å². The SMILES string of the molecule is Pc1cccc2c1Nc1ccccc1S2. The summed E-state index contributed by atoms with van der Waals surface area (Å²) in [5.74, 6) is 0. The standard InChI is InChI=1S/C12H10NPS/c14-9-5-3-7-11-12(9)13-8-4-1-2-6-10(8)15-11/h1-7,13H,14H2. The second-order valence-corrected chi connectivity index (χ2v) is 5.15. The number of hydrogen-bond acceptors (Lipinski definition) is 2. The molecule has 0 amide bonds. The Kier molecular flexibility index (Phi) is 2.19. The fourth-order valence-corrected chi connectivity index (χ4v) is 3.15. The van der Waals surface area contributed by atoms with Crippen molar-refractivity contribution in [3.05, 3.63) is 42.5 Å². The average Bonchev–Trinajstić information content (AvgIpc) is 2.27. The van der Waals surface area contributed by atoms with Crippen LogP contribution in [0.3, 0.4) is 0 Å². The topological polar surface area (TPSA) is 12.0 Å². The number of para-hydroxylation sites is 2. The van der Waals surface area contributed by atoms with Gasteiger partial charge >= 0.3 is 0 Å². The van der Waals surface area contributed by atoms with Crippen LogP contribution in [0, 0.1) is 0 Å². The van der Waals surface area contributed by atoms with Gasteiger partial charge in [-0.3, -0.25) is 0 Å². The van der Waals surface area contributed by atoms with E-state index < -0.39 is 0 Å².